The van der Waals surface area contributed by atoms with Crippen LogP contribution in [0.15, 0.2) is 6.07 Å². The Hall–Kier alpha value is -1.93. The van der Waals surface area contributed by atoms with Crippen LogP contribution in [0.5, 0.6) is 0 Å². The Morgan fingerprint density at radius 1 is 1.04 bits per heavy atom. The van der Waals surface area contributed by atoms with E-state index in [1.54, 1.807) is 0 Å². The molecule has 0 aromatic carbocycles. The molecule has 0 bridgehead atoms. The van der Waals surface area contributed by atoms with E-state index in [0.717, 1.165) is 76.2 Å². The zero-order valence-corrected chi connectivity index (χ0v) is 16.4. The molecular formula is C19H30N6O2. The monoisotopic (exact) mass is 374 g/mol. The lowest BCUT2D eigenvalue weighted by molar-refractivity contribution is -0.135. The van der Waals surface area contributed by atoms with Crippen LogP contribution in [-0.2, 0) is 9.53 Å². The average molecular weight is 374 g/mol. The molecule has 0 spiro atoms. The van der Waals surface area contributed by atoms with Gasteiger partial charge in [0.15, 0.2) is 0 Å². The van der Waals surface area contributed by atoms with Gasteiger partial charge in [-0.05, 0) is 20.4 Å². The van der Waals surface area contributed by atoms with Crippen molar-refractivity contribution in [2.45, 2.75) is 13.3 Å². The number of nitrogens with zero attached hydrogens (tertiary/aromatic N) is 6. The van der Waals surface area contributed by atoms with E-state index >= 15 is 0 Å². The number of ether oxygens (including phenoxy) is 1. The Morgan fingerprint density at radius 3 is 2.41 bits per heavy atom. The summed E-state index contributed by atoms with van der Waals surface area (Å²) in [5.74, 6) is 2.11. The van der Waals surface area contributed by atoms with Crippen LogP contribution in [-0.4, -0.2) is 98.3 Å². The van der Waals surface area contributed by atoms with Crippen molar-refractivity contribution in [2.24, 2.45) is 5.92 Å². The van der Waals surface area contributed by atoms with Crippen LogP contribution in [0.1, 0.15) is 12.1 Å². The van der Waals surface area contributed by atoms with Crippen molar-refractivity contribution in [3.63, 3.8) is 0 Å². The van der Waals surface area contributed by atoms with Crippen LogP contribution in [0.2, 0.25) is 0 Å². The highest BCUT2D eigenvalue weighted by Gasteiger charge is 2.30. The molecule has 1 aromatic heterocycles. The van der Waals surface area contributed by atoms with Crippen LogP contribution in [0.3, 0.4) is 0 Å². The maximum absolute atomic E-state index is 12.6. The maximum Gasteiger partial charge on any atom is 0.228 e. The molecule has 1 amide bonds. The Kier molecular flexibility index (Phi) is 5.45. The SMILES string of the molecule is Cc1cc(N2CCN(C)CC2)nc(N2CCN(C(=O)C3CCOC3)CC2)n1. The summed E-state index contributed by atoms with van der Waals surface area (Å²) < 4.78 is 5.36. The van der Waals surface area contributed by atoms with Crippen molar-refractivity contribution in [3.05, 3.63) is 11.8 Å². The number of anilines is 2. The number of carbonyl (C=O) groups is 1. The number of likely N-dealkylation sites (N-methyl/N-ethyl adjacent to an activating group) is 1. The van der Waals surface area contributed by atoms with E-state index in [1.807, 2.05) is 11.8 Å². The minimum Gasteiger partial charge on any atom is -0.381 e. The number of hydrogen-bond donors (Lipinski definition) is 0. The minimum atomic E-state index is 0.0515. The van der Waals surface area contributed by atoms with E-state index < -0.39 is 0 Å². The smallest absolute Gasteiger partial charge is 0.228 e. The fourth-order valence-electron chi connectivity index (χ4n) is 3.99. The van der Waals surface area contributed by atoms with Gasteiger partial charge in [0.05, 0.1) is 12.5 Å². The van der Waals surface area contributed by atoms with Crippen molar-refractivity contribution in [1.29, 1.82) is 0 Å². The van der Waals surface area contributed by atoms with Gasteiger partial charge >= 0.3 is 0 Å². The molecule has 0 N–H and O–H groups in total. The van der Waals surface area contributed by atoms with Gasteiger partial charge in [-0.3, -0.25) is 4.79 Å². The predicted molar refractivity (Wildman–Crippen MR) is 104 cm³/mol. The highest BCUT2D eigenvalue weighted by molar-refractivity contribution is 5.79. The van der Waals surface area contributed by atoms with Crippen molar-refractivity contribution in [3.8, 4) is 0 Å². The van der Waals surface area contributed by atoms with Crippen LogP contribution >= 0.6 is 0 Å². The molecule has 3 fully saturated rings. The van der Waals surface area contributed by atoms with Crippen LogP contribution in [0, 0.1) is 12.8 Å². The molecule has 148 valence electrons. The standard InChI is InChI=1S/C19H30N6O2/c1-15-13-17(23-6-4-22(2)5-7-23)21-19(20-15)25-10-8-24(9-11-25)18(26)16-3-12-27-14-16/h13,16H,3-12,14H2,1-2H3. The number of rotatable bonds is 3. The number of piperazine rings is 2. The first kappa shape index (κ1) is 18.4. The summed E-state index contributed by atoms with van der Waals surface area (Å²) in [6, 6.07) is 2.08. The van der Waals surface area contributed by atoms with E-state index in [-0.39, 0.29) is 11.8 Å². The summed E-state index contributed by atoms with van der Waals surface area (Å²) in [6.07, 6.45) is 0.856. The fraction of sp³-hybridized carbons (Fsp3) is 0.737. The number of aromatic nitrogens is 2. The molecule has 3 aliphatic rings. The molecular weight excluding hydrogens is 344 g/mol. The van der Waals surface area contributed by atoms with Gasteiger partial charge in [0.2, 0.25) is 11.9 Å². The largest absolute Gasteiger partial charge is 0.381 e. The van der Waals surface area contributed by atoms with Crippen LogP contribution in [0.25, 0.3) is 0 Å². The minimum absolute atomic E-state index is 0.0515. The number of hydrogen-bond acceptors (Lipinski definition) is 7. The van der Waals surface area contributed by atoms with Gasteiger partial charge in [-0.1, -0.05) is 0 Å². The normalized spacial score (nSPS) is 24.5. The van der Waals surface area contributed by atoms with E-state index in [9.17, 15) is 4.79 Å². The third kappa shape index (κ3) is 4.16. The third-order valence-corrected chi connectivity index (χ3v) is 5.81. The Bertz CT molecular complexity index is 662. The molecule has 0 aliphatic carbocycles. The molecule has 1 atom stereocenters. The molecule has 4 rings (SSSR count). The Labute approximate surface area is 161 Å². The zero-order chi connectivity index (χ0) is 18.8. The lowest BCUT2D eigenvalue weighted by Crippen LogP contribution is -2.51. The fourth-order valence-corrected chi connectivity index (χ4v) is 3.99. The second kappa shape index (κ2) is 7.98. The summed E-state index contributed by atoms with van der Waals surface area (Å²) in [6.45, 7) is 10.5. The summed E-state index contributed by atoms with van der Waals surface area (Å²) in [5, 5.41) is 0. The third-order valence-electron chi connectivity index (χ3n) is 5.81. The summed E-state index contributed by atoms with van der Waals surface area (Å²) >= 11 is 0. The molecule has 0 radical (unpaired) electrons. The van der Waals surface area contributed by atoms with Crippen molar-refractivity contribution < 1.29 is 9.53 Å². The van der Waals surface area contributed by atoms with Gasteiger partial charge < -0.3 is 24.3 Å². The molecule has 4 heterocycles. The lowest BCUT2D eigenvalue weighted by atomic mass is 10.1. The molecule has 1 aromatic rings. The predicted octanol–water partition coefficient (Wildman–Crippen LogP) is 0.222. The zero-order valence-electron chi connectivity index (χ0n) is 16.4. The molecule has 27 heavy (non-hydrogen) atoms. The number of aryl methyl sites for hydroxylation is 1. The lowest BCUT2D eigenvalue weighted by Gasteiger charge is -2.37. The first-order valence-corrected chi connectivity index (χ1v) is 10.0. The highest BCUT2D eigenvalue weighted by Crippen LogP contribution is 2.21. The van der Waals surface area contributed by atoms with Crippen LogP contribution in [0.4, 0.5) is 11.8 Å². The van der Waals surface area contributed by atoms with Crippen LogP contribution < -0.4 is 9.80 Å². The molecule has 8 heteroatoms. The molecule has 3 aliphatic heterocycles. The second-order valence-electron chi connectivity index (χ2n) is 7.83. The first-order valence-electron chi connectivity index (χ1n) is 10.0. The van der Waals surface area contributed by atoms with Crippen molar-refractivity contribution in [2.75, 3.05) is 82.4 Å². The molecule has 1 unspecified atom stereocenters. The van der Waals surface area contributed by atoms with Gasteiger partial charge in [0.1, 0.15) is 5.82 Å². The number of amides is 1. The van der Waals surface area contributed by atoms with E-state index in [1.165, 1.54) is 0 Å². The Morgan fingerprint density at radius 2 is 1.74 bits per heavy atom. The van der Waals surface area contributed by atoms with Crippen molar-refractivity contribution in [1.82, 2.24) is 19.8 Å². The van der Waals surface area contributed by atoms with Gasteiger partial charge in [0, 0.05) is 70.7 Å². The Balaban J connectivity index is 1.40. The van der Waals surface area contributed by atoms with E-state index in [0.29, 0.717) is 13.2 Å². The summed E-state index contributed by atoms with van der Waals surface area (Å²) in [5.41, 5.74) is 0.996. The van der Waals surface area contributed by atoms with Crippen molar-refractivity contribution >= 4 is 17.7 Å². The van der Waals surface area contributed by atoms with Gasteiger partial charge in [-0.25, -0.2) is 4.98 Å². The van der Waals surface area contributed by atoms with E-state index in [4.69, 9.17) is 9.72 Å². The topological polar surface area (TPSA) is 65.0 Å². The number of carbonyl (C=O) groups excluding carboxylic acids is 1. The summed E-state index contributed by atoms with van der Waals surface area (Å²) in [4.78, 5) is 31.0. The molecule has 3 saturated heterocycles. The van der Waals surface area contributed by atoms with Gasteiger partial charge in [-0.2, -0.15) is 4.98 Å². The van der Waals surface area contributed by atoms with Gasteiger partial charge in [-0.15, -0.1) is 0 Å². The first-order chi connectivity index (χ1) is 13.1. The second-order valence-corrected chi connectivity index (χ2v) is 7.83. The summed E-state index contributed by atoms with van der Waals surface area (Å²) in [7, 11) is 2.16. The average Bonchev–Trinajstić information content (AvgIpc) is 3.22. The molecule has 0 saturated carbocycles. The van der Waals surface area contributed by atoms with E-state index in [2.05, 4.69) is 32.8 Å². The maximum atomic E-state index is 12.6. The van der Waals surface area contributed by atoms with Gasteiger partial charge in [0.25, 0.3) is 0 Å². The quantitative estimate of drug-likeness (QED) is 0.750. The highest BCUT2D eigenvalue weighted by atomic mass is 16.5. The molecule has 8 nitrogen and oxygen atoms in total.